The average molecular weight is 242 g/mol. The summed E-state index contributed by atoms with van der Waals surface area (Å²) in [6.07, 6.45) is 1.32. The average Bonchev–Trinajstić information content (AvgIpc) is 2.61. The number of rotatable bonds is 2. The van der Waals surface area contributed by atoms with Crippen LogP contribution < -0.4 is 4.90 Å². The van der Waals surface area contributed by atoms with Crippen LogP contribution in [0.4, 0.5) is 5.69 Å². The molecule has 0 bridgehead atoms. The molecule has 0 saturated carbocycles. The van der Waals surface area contributed by atoms with E-state index < -0.39 is 0 Å². The van der Waals surface area contributed by atoms with Crippen LogP contribution in [0.25, 0.3) is 0 Å². The van der Waals surface area contributed by atoms with E-state index in [-0.39, 0.29) is 11.3 Å². The van der Waals surface area contributed by atoms with E-state index in [1.165, 1.54) is 11.1 Å². The Hall–Kier alpha value is -1.82. The maximum absolute atomic E-state index is 11.7. The van der Waals surface area contributed by atoms with Gasteiger partial charge in [-0.1, -0.05) is 24.6 Å². The van der Waals surface area contributed by atoms with Crippen LogP contribution in [-0.2, 0) is 10.2 Å². The SMILES string of the molecule is CC(=O)N1CC(C)(CCC#N)c2cc(C)ccc21. The van der Waals surface area contributed by atoms with Gasteiger partial charge in [0.05, 0.1) is 6.07 Å². The molecule has 0 radical (unpaired) electrons. The first-order valence-corrected chi connectivity index (χ1v) is 6.24. The van der Waals surface area contributed by atoms with Crippen LogP contribution in [0.2, 0.25) is 0 Å². The van der Waals surface area contributed by atoms with Gasteiger partial charge in [0.2, 0.25) is 5.91 Å². The number of benzene rings is 1. The Kier molecular flexibility index (Phi) is 3.13. The molecule has 1 aliphatic rings. The summed E-state index contributed by atoms with van der Waals surface area (Å²) >= 11 is 0. The Labute approximate surface area is 108 Å². The van der Waals surface area contributed by atoms with Crippen molar-refractivity contribution in [1.29, 1.82) is 5.26 Å². The van der Waals surface area contributed by atoms with E-state index in [0.29, 0.717) is 13.0 Å². The third kappa shape index (κ3) is 1.99. The Morgan fingerprint density at radius 1 is 1.56 bits per heavy atom. The van der Waals surface area contributed by atoms with Gasteiger partial charge in [-0.25, -0.2) is 0 Å². The lowest BCUT2D eigenvalue weighted by Crippen LogP contribution is -2.33. The summed E-state index contributed by atoms with van der Waals surface area (Å²) in [6.45, 7) is 6.48. The summed E-state index contributed by atoms with van der Waals surface area (Å²) in [5.41, 5.74) is 3.31. The first-order chi connectivity index (χ1) is 8.48. The molecule has 0 fully saturated rings. The number of fused-ring (bicyclic) bond motifs is 1. The molecule has 0 aromatic heterocycles. The molecule has 1 aromatic carbocycles. The van der Waals surface area contributed by atoms with Crippen LogP contribution in [0, 0.1) is 18.3 Å². The van der Waals surface area contributed by atoms with Crippen LogP contribution >= 0.6 is 0 Å². The van der Waals surface area contributed by atoms with E-state index in [2.05, 4.69) is 26.0 Å². The Bertz CT molecular complexity index is 530. The lowest BCUT2D eigenvalue weighted by Gasteiger charge is -2.24. The van der Waals surface area contributed by atoms with Crippen LogP contribution in [0.15, 0.2) is 18.2 Å². The second-order valence-electron chi connectivity index (χ2n) is 5.34. The summed E-state index contributed by atoms with van der Waals surface area (Å²) in [5, 5.41) is 8.79. The normalized spacial score (nSPS) is 21.6. The number of nitriles is 1. The van der Waals surface area contributed by atoms with Crippen molar-refractivity contribution in [3.63, 3.8) is 0 Å². The predicted octanol–water partition coefficient (Wildman–Crippen LogP) is 2.92. The van der Waals surface area contributed by atoms with E-state index in [4.69, 9.17) is 5.26 Å². The number of anilines is 1. The Balaban J connectivity index is 2.47. The number of aryl methyl sites for hydroxylation is 1. The zero-order chi connectivity index (χ0) is 13.3. The van der Waals surface area contributed by atoms with Crippen molar-refractivity contribution < 1.29 is 4.79 Å². The van der Waals surface area contributed by atoms with Crippen molar-refractivity contribution in [3.8, 4) is 6.07 Å². The molecule has 94 valence electrons. The molecule has 1 unspecified atom stereocenters. The molecular formula is C15H18N2O. The van der Waals surface area contributed by atoms with Gasteiger partial charge in [-0.05, 0) is 25.0 Å². The molecule has 1 aliphatic heterocycles. The summed E-state index contributed by atoms with van der Waals surface area (Å²) in [6, 6.07) is 8.40. The fraction of sp³-hybridized carbons (Fsp3) is 0.467. The van der Waals surface area contributed by atoms with Gasteiger partial charge in [0.15, 0.2) is 0 Å². The summed E-state index contributed by atoms with van der Waals surface area (Å²) in [5.74, 6) is 0.0702. The molecule has 18 heavy (non-hydrogen) atoms. The second-order valence-corrected chi connectivity index (χ2v) is 5.34. The molecule has 1 heterocycles. The van der Waals surface area contributed by atoms with Gasteiger partial charge in [-0.15, -0.1) is 0 Å². The maximum atomic E-state index is 11.7. The number of carbonyl (C=O) groups is 1. The highest BCUT2D eigenvalue weighted by Crippen LogP contribution is 2.43. The molecule has 0 spiro atoms. The largest absolute Gasteiger partial charge is 0.311 e. The molecule has 2 rings (SSSR count). The van der Waals surface area contributed by atoms with Gasteiger partial charge in [-0.3, -0.25) is 4.79 Å². The van der Waals surface area contributed by atoms with Crippen molar-refractivity contribution in [3.05, 3.63) is 29.3 Å². The molecule has 3 heteroatoms. The number of carbonyl (C=O) groups excluding carboxylic acids is 1. The number of hydrogen-bond acceptors (Lipinski definition) is 2. The minimum absolute atomic E-state index is 0.0702. The van der Waals surface area contributed by atoms with Crippen molar-refractivity contribution in [2.24, 2.45) is 0 Å². The summed E-state index contributed by atoms with van der Waals surface area (Å²) in [4.78, 5) is 13.5. The van der Waals surface area contributed by atoms with Gasteiger partial charge in [0.25, 0.3) is 0 Å². The van der Waals surface area contributed by atoms with Crippen LogP contribution in [0.1, 0.15) is 37.8 Å². The topological polar surface area (TPSA) is 44.1 Å². The third-order valence-corrected chi connectivity index (χ3v) is 3.77. The molecule has 3 nitrogen and oxygen atoms in total. The molecule has 1 atom stereocenters. The predicted molar refractivity (Wildman–Crippen MR) is 71.4 cm³/mol. The first kappa shape index (κ1) is 12.6. The van der Waals surface area contributed by atoms with Crippen LogP contribution in [-0.4, -0.2) is 12.5 Å². The summed E-state index contributed by atoms with van der Waals surface area (Å²) in [7, 11) is 0. The number of hydrogen-bond donors (Lipinski definition) is 0. The van der Waals surface area contributed by atoms with Crippen molar-refractivity contribution in [1.82, 2.24) is 0 Å². The van der Waals surface area contributed by atoms with Crippen LogP contribution in [0.5, 0.6) is 0 Å². The van der Waals surface area contributed by atoms with Gasteiger partial charge in [-0.2, -0.15) is 5.26 Å². The fourth-order valence-corrected chi connectivity index (χ4v) is 2.71. The first-order valence-electron chi connectivity index (χ1n) is 6.24. The standard InChI is InChI=1S/C15H18N2O/c1-11-5-6-14-13(9-11)15(3,7-4-8-16)10-17(14)12(2)18/h5-6,9H,4,7,10H2,1-3H3. The van der Waals surface area contributed by atoms with E-state index in [1.54, 1.807) is 6.92 Å². The van der Waals surface area contributed by atoms with Crippen molar-refractivity contribution in [2.75, 3.05) is 11.4 Å². The molecular weight excluding hydrogens is 224 g/mol. The minimum atomic E-state index is -0.0945. The van der Waals surface area contributed by atoms with E-state index in [0.717, 1.165) is 12.1 Å². The highest BCUT2D eigenvalue weighted by molar-refractivity contribution is 5.94. The minimum Gasteiger partial charge on any atom is -0.311 e. The number of nitrogens with zero attached hydrogens (tertiary/aromatic N) is 2. The van der Waals surface area contributed by atoms with Gasteiger partial charge in [0, 0.05) is 31.0 Å². The highest BCUT2D eigenvalue weighted by Gasteiger charge is 2.39. The highest BCUT2D eigenvalue weighted by atomic mass is 16.2. The zero-order valence-electron chi connectivity index (χ0n) is 11.2. The third-order valence-electron chi connectivity index (χ3n) is 3.77. The maximum Gasteiger partial charge on any atom is 0.223 e. The van der Waals surface area contributed by atoms with Gasteiger partial charge in [0.1, 0.15) is 0 Å². The molecule has 1 amide bonds. The Morgan fingerprint density at radius 3 is 2.89 bits per heavy atom. The molecule has 0 aliphatic carbocycles. The second kappa shape index (κ2) is 4.45. The number of amides is 1. The lowest BCUT2D eigenvalue weighted by atomic mass is 9.80. The smallest absolute Gasteiger partial charge is 0.223 e. The molecule has 0 saturated heterocycles. The molecule has 0 N–H and O–H groups in total. The van der Waals surface area contributed by atoms with Crippen LogP contribution in [0.3, 0.4) is 0 Å². The summed E-state index contributed by atoms with van der Waals surface area (Å²) < 4.78 is 0. The zero-order valence-corrected chi connectivity index (χ0v) is 11.2. The van der Waals surface area contributed by atoms with Crippen molar-refractivity contribution in [2.45, 2.75) is 39.0 Å². The van der Waals surface area contributed by atoms with Gasteiger partial charge >= 0.3 is 0 Å². The quantitative estimate of drug-likeness (QED) is 0.800. The van der Waals surface area contributed by atoms with E-state index in [1.807, 2.05) is 17.0 Å². The van der Waals surface area contributed by atoms with E-state index in [9.17, 15) is 4.79 Å². The van der Waals surface area contributed by atoms with Gasteiger partial charge < -0.3 is 4.90 Å². The monoisotopic (exact) mass is 242 g/mol. The van der Waals surface area contributed by atoms with E-state index >= 15 is 0 Å². The Morgan fingerprint density at radius 2 is 2.28 bits per heavy atom. The molecule has 1 aromatic rings. The lowest BCUT2D eigenvalue weighted by molar-refractivity contribution is -0.116. The fourth-order valence-electron chi connectivity index (χ4n) is 2.71. The van der Waals surface area contributed by atoms with Crippen molar-refractivity contribution >= 4 is 11.6 Å².